The van der Waals surface area contributed by atoms with Gasteiger partial charge in [-0.1, -0.05) is 6.07 Å². The summed E-state index contributed by atoms with van der Waals surface area (Å²) in [4.78, 5) is 31.3. The molecule has 3 aromatic rings. The summed E-state index contributed by atoms with van der Waals surface area (Å²) in [5, 5.41) is 33.1. The van der Waals surface area contributed by atoms with E-state index in [1.165, 1.54) is 12.1 Å². The first kappa shape index (κ1) is 30.5. The number of halogens is 1. The number of amides is 2. The third-order valence-corrected chi connectivity index (χ3v) is 8.56. The predicted octanol–water partition coefficient (Wildman–Crippen LogP) is 4.09. The van der Waals surface area contributed by atoms with E-state index in [2.05, 4.69) is 31.8 Å². The lowest BCUT2D eigenvalue weighted by Gasteiger charge is -2.42. The molecule has 2 saturated heterocycles. The molecule has 0 saturated carbocycles. The number of hydrogen-bond donors (Lipinski definition) is 3. The van der Waals surface area contributed by atoms with E-state index in [1.807, 2.05) is 37.8 Å². The zero-order valence-corrected chi connectivity index (χ0v) is 25.2. The van der Waals surface area contributed by atoms with Crippen molar-refractivity contribution in [2.24, 2.45) is 0 Å². The van der Waals surface area contributed by atoms with E-state index < -0.39 is 11.9 Å². The zero-order chi connectivity index (χ0) is 31.4. The number of nitrogens with one attached hydrogen (secondary N) is 2. The van der Waals surface area contributed by atoms with Gasteiger partial charge in [-0.3, -0.25) is 4.79 Å². The molecule has 0 spiro atoms. The fourth-order valence-corrected chi connectivity index (χ4v) is 6.41. The minimum Gasteiger partial charge on any atom is -0.465 e. The summed E-state index contributed by atoms with van der Waals surface area (Å²) in [5.74, 6) is 0.134. The van der Waals surface area contributed by atoms with Gasteiger partial charge in [0.2, 0.25) is 0 Å². The summed E-state index contributed by atoms with van der Waals surface area (Å²) in [6.45, 7) is 8.82. The molecule has 12 heteroatoms. The maximum Gasteiger partial charge on any atom is 0.404 e. The van der Waals surface area contributed by atoms with Gasteiger partial charge < -0.3 is 30.4 Å². The van der Waals surface area contributed by atoms with Gasteiger partial charge in [0.25, 0.3) is 5.91 Å². The van der Waals surface area contributed by atoms with Gasteiger partial charge in [-0.05, 0) is 80.6 Å². The third-order valence-electron chi connectivity index (χ3n) is 8.56. The Labute approximate surface area is 256 Å². The average molecular weight is 601 g/mol. The first-order chi connectivity index (χ1) is 21.2. The van der Waals surface area contributed by atoms with Crippen molar-refractivity contribution in [3.05, 3.63) is 76.2 Å². The summed E-state index contributed by atoms with van der Waals surface area (Å²) in [6.07, 6.45) is 2.10. The lowest BCUT2D eigenvalue weighted by molar-refractivity contribution is 0.0720. The van der Waals surface area contributed by atoms with Crippen LogP contribution in [0.2, 0.25) is 0 Å². The highest BCUT2D eigenvalue weighted by Crippen LogP contribution is 2.32. The van der Waals surface area contributed by atoms with E-state index in [1.54, 1.807) is 23.2 Å². The molecule has 2 aliphatic rings. The minimum absolute atomic E-state index is 0.0858. The summed E-state index contributed by atoms with van der Waals surface area (Å²) in [5.41, 5.74) is 5.51. The number of hydrogen-bond acceptors (Lipinski definition) is 8. The van der Waals surface area contributed by atoms with E-state index in [0.29, 0.717) is 36.6 Å². The van der Waals surface area contributed by atoms with E-state index in [0.717, 1.165) is 54.0 Å². The highest BCUT2D eigenvalue weighted by Gasteiger charge is 2.33. The first-order valence-corrected chi connectivity index (χ1v) is 14.8. The fraction of sp³-hybridized carbons (Fsp3) is 0.406. The Morgan fingerprint density at radius 3 is 2.55 bits per heavy atom. The van der Waals surface area contributed by atoms with Crippen LogP contribution in [0.5, 0.6) is 0 Å². The molecule has 2 amide bonds. The molecule has 5 rings (SSSR count). The van der Waals surface area contributed by atoms with Crippen LogP contribution in [-0.4, -0.2) is 83.6 Å². The number of rotatable bonds is 7. The minimum atomic E-state index is -1.12. The highest BCUT2D eigenvalue weighted by molar-refractivity contribution is 5.99. The number of piperazine rings is 1. The lowest BCUT2D eigenvalue weighted by atomic mass is 9.94. The SMILES string of the molecule is Cc1cc(C)c(C(=O)N2CCN(c3cccnn3)C(CNC(=O)O)C2)c(C)c1NC1CCN(c2ccc(F)cc2C#N)CC1. The Bertz CT molecular complexity index is 1570. The number of nitrogens with zero attached hydrogens (tertiary/aromatic N) is 6. The predicted molar refractivity (Wildman–Crippen MR) is 166 cm³/mol. The van der Waals surface area contributed by atoms with Gasteiger partial charge in [0.15, 0.2) is 5.82 Å². The van der Waals surface area contributed by atoms with Crippen molar-refractivity contribution in [1.29, 1.82) is 5.26 Å². The Balaban J connectivity index is 1.31. The van der Waals surface area contributed by atoms with Gasteiger partial charge in [-0.2, -0.15) is 10.4 Å². The van der Waals surface area contributed by atoms with Crippen molar-refractivity contribution in [1.82, 2.24) is 20.4 Å². The number of aryl methyl sites for hydroxylation is 2. The van der Waals surface area contributed by atoms with Crippen molar-refractivity contribution < 1.29 is 19.1 Å². The number of anilines is 3. The number of benzene rings is 2. The number of carbonyl (C=O) groups excluding carboxylic acids is 1. The van der Waals surface area contributed by atoms with Crippen LogP contribution in [0.3, 0.4) is 0 Å². The summed E-state index contributed by atoms with van der Waals surface area (Å²) >= 11 is 0. The molecule has 0 bridgehead atoms. The molecule has 2 aromatic carbocycles. The molecular formula is C32H37FN8O3. The quantitative estimate of drug-likeness (QED) is 0.366. The van der Waals surface area contributed by atoms with Gasteiger partial charge in [0.1, 0.15) is 11.9 Å². The summed E-state index contributed by atoms with van der Waals surface area (Å²) < 4.78 is 13.7. The van der Waals surface area contributed by atoms with Crippen molar-refractivity contribution in [2.45, 2.75) is 45.7 Å². The van der Waals surface area contributed by atoms with Crippen LogP contribution in [0.15, 0.2) is 42.6 Å². The maximum atomic E-state index is 14.1. The van der Waals surface area contributed by atoms with Gasteiger partial charge in [-0.15, -0.1) is 5.10 Å². The number of nitriles is 1. The second-order valence-electron chi connectivity index (χ2n) is 11.4. The van der Waals surface area contributed by atoms with Crippen molar-refractivity contribution >= 4 is 29.2 Å². The summed E-state index contributed by atoms with van der Waals surface area (Å²) in [6, 6.07) is 11.9. The number of piperidine rings is 1. The Morgan fingerprint density at radius 2 is 1.86 bits per heavy atom. The Kier molecular flexibility index (Phi) is 9.13. The second kappa shape index (κ2) is 13.2. The van der Waals surface area contributed by atoms with E-state index in [9.17, 15) is 24.3 Å². The normalized spacial score (nSPS) is 17.2. The average Bonchev–Trinajstić information content (AvgIpc) is 3.02. The molecule has 2 aliphatic heterocycles. The van der Waals surface area contributed by atoms with Crippen molar-refractivity contribution in [3.8, 4) is 6.07 Å². The molecule has 230 valence electrons. The van der Waals surface area contributed by atoms with Gasteiger partial charge >= 0.3 is 6.09 Å². The molecular weight excluding hydrogens is 563 g/mol. The Hall–Kier alpha value is -4.92. The zero-order valence-electron chi connectivity index (χ0n) is 25.2. The molecule has 3 N–H and O–H groups in total. The van der Waals surface area contributed by atoms with Gasteiger partial charge in [-0.25, -0.2) is 9.18 Å². The molecule has 3 heterocycles. The fourth-order valence-electron chi connectivity index (χ4n) is 6.41. The lowest BCUT2D eigenvalue weighted by Crippen LogP contribution is -2.58. The van der Waals surface area contributed by atoms with Crippen molar-refractivity contribution in [2.75, 3.05) is 54.4 Å². The molecule has 1 atom stereocenters. The van der Waals surface area contributed by atoms with Crippen LogP contribution in [0.4, 0.5) is 26.4 Å². The van der Waals surface area contributed by atoms with Crippen LogP contribution in [0.1, 0.15) is 45.5 Å². The van der Waals surface area contributed by atoms with Crippen LogP contribution in [0.25, 0.3) is 0 Å². The first-order valence-electron chi connectivity index (χ1n) is 14.8. The van der Waals surface area contributed by atoms with Crippen LogP contribution in [-0.2, 0) is 0 Å². The second-order valence-corrected chi connectivity index (χ2v) is 11.4. The molecule has 1 unspecified atom stereocenters. The van der Waals surface area contributed by atoms with Crippen LogP contribution < -0.4 is 20.4 Å². The van der Waals surface area contributed by atoms with Crippen LogP contribution in [0, 0.1) is 37.9 Å². The van der Waals surface area contributed by atoms with Crippen molar-refractivity contribution in [3.63, 3.8) is 0 Å². The highest BCUT2D eigenvalue weighted by atomic mass is 19.1. The van der Waals surface area contributed by atoms with Gasteiger partial charge in [0, 0.05) is 62.8 Å². The molecule has 2 fully saturated rings. The smallest absolute Gasteiger partial charge is 0.404 e. The number of carboxylic acid groups (broad SMARTS) is 1. The number of aromatic nitrogens is 2. The van der Waals surface area contributed by atoms with Crippen LogP contribution >= 0.6 is 0 Å². The summed E-state index contributed by atoms with van der Waals surface area (Å²) in [7, 11) is 0. The molecule has 44 heavy (non-hydrogen) atoms. The molecule has 1 aromatic heterocycles. The van der Waals surface area contributed by atoms with E-state index in [4.69, 9.17) is 0 Å². The standard InChI is InChI=1S/C32H37FN8O3/c1-20-15-21(2)30(37-25-8-11-39(12-9-25)27-7-6-24(33)16-23(27)17-34)22(3)29(20)31(42)40-13-14-41(28-5-4-10-36-38-28)26(19-40)18-35-32(43)44/h4-7,10,15-16,25-26,35,37H,8-9,11-14,18-19H2,1-3H3,(H,43,44). The molecule has 0 aliphatic carbocycles. The number of carbonyl (C=O) groups is 2. The topological polar surface area (TPSA) is 138 Å². The monoisotopic (exact) mass is 600 g/mol. The van der Waals surface area contributed by atoms with E-state index >= 15 is 0 Å². The van der Waals surface area contributed by atoms with Gasteiger partial charge in [0.05, 0.1) is 17.3 Å². The largest absolute Gasteiger partial charge is 0.465 e. The molecule has 11 nitrogen and oxygen atoms in total. The maximum absolute atomic E-state index is 14.1. The molecule has 0 radical (unpaired) electrons. The third kappa shape index (κ3) is 6.51. The Morgan fingerprint density at radius 1 is 1.09 bits per heavy atom. The van der Waals surface area contributed by atoms with E-state index in [-0.39, 0.29) is 24.5 Å².